The van der Waals surface area contributed by atoms with Crippen molar-refractivity contribution < 1.29 is 0 Å². The molecular formula is C22H28N4. The summed E-state index contributed by atoms with van der Waals surface area (Å²) in [5, 5.41) is 8.62. The lowest BCUT2D eigenvalue weighted by molar-refractivity contribution is 0.461. The highest BCUT2D eigenvalue weighted by Gasteiger charge is 2.19. The Kier molecular flexibility index (Phi) is 4.91. The summed E-state index contributed by atoms with van der Waals surface area (Å²) in [5.74, 6) is 1.09. The molecule has 1 fully saturated rings. The molecule has 0 atom stereocenters. The highest BCUT2D eigenvalue weighted by Crippen LogP contribution is 2.30. The van der Waals surface area contributed by atoms with E-state index in [1.54, 1.807) is 0 Å². The Hall–Kier alpha value is -2.36. The molecule has 4 heteroatoms. The van der Waals surface area contributed by atoms with Crippen LogP contribution in [0.2, 0.25) is 0 Å². The van der Waals surface area contributed by atoms with Crippen LogP contribution in [0.1, 0.15) is 56.8 Å². The van der Waals surface area contributed by atoms with Gasteiger partial charge in [0.1, 0.15) is 5.82 Å². The Morgan fingerprint density at radius 3 is 2.62 bits per heavy atom. The van der Waals surface area contributed by atoms with Crippen molar-refractivity contribution in [3.8, 4) is 11.1 Å². The van der Waals surface area contributed by atoms with E-state index >= 15 is 0 Å². The van der Waals surface area contributed by atoms with Gasteiger partial charge in [-0.25, -0.2) is 4.98 Å². The van der Waals surface area contributed by atoms with Crippen LogP contribution in [0.4, 0.5) is 5.82 Å². The van der Waals surface area contributed by atoms with E-state index < -0.39 is 0 Å². The van der Waals surface area contributed by atoms with E-state index in [1.165, 1.54) is 37.7 Å². The summed E-state index contributed by atoms with van der Waals surface area (Å²) in [7, 11) is 0. The molecule has 4 rings (SSSR count). The number of rotatable bonds is 5. The van der Waals surface area contributed by atoms with Crippen LogP contribution in [-0.4, -0.2) is 20.6 Å². The summed E-state index contributed by atoms with van der Waals surface area (Å²) in [6, 6.07) is 13.3. The molecule has 4 nitrogen and oxygen atoms in total. The van der Waals surface area contributed by atoms with Crippen LogP contribution in [0.5, 0.6) is 0 Å². The van der Waals surface area contributed by atoms with Gasteiger partial charge in [-0.15, -0.1) is 0 Å². The smallest absolute Gasteiger partial charge is 0.165 e. The van der Waals surface area contributed by atoms with Crippen molar-refractivity contribution >= 4 is 11.5 Å². The summed E-state index contributed by atoms with van der Waals surface area (Å²) >= 11 is 0. The Bertz CT molecular complexity index is 876. The molecule has 0 saturated heterocycles. The van der Waals surface area contributed by atoms with Gasteiger partial charge < -0.3 is 5.32 Å². The lowest BCUT2D eigenvalue weighted by Crippen LogP contribution is -2.24. The molecule has 1 aromatic carbocycles. The van der Waals surface area contributed by atoms with E-state index in [9.17, 15) is 0 Å². The number of benzene rings is 1. The van der Waals surface area contributed by atoms with Crippen LogP contribution in [0.15, 0.2) is 36.4 Å². The molecule has 0 radical (unpaired) electrons. The molecule has 1 saturated carbocycles. The molecule has 26 heavy (non-hydrogen) atoms. The zero-order valence-electron chi connectivity index (χ0n) is 15.8. The van der Waals surface area contributed by atoms with E-state index in [-0.39, 0.29) is 0 Å². The molecule has 0 aliphatic heterocycles. The van der Waals surface area contributed by atoms with Crippen LogP contribution < -0.4 is 5.32 Å². The second-order valence-electron chi connectivity index (χ2n) is 7.42. The minimum absolute atomic E-state index is 0.550. The van der Waals surface area contributed by atoms with Crippen molar-refractivity contribution in [3.63, 3.8) is 0 Å². The molecule has 3 aromatic rings. The summed E-state index contributed by atoms with van der Waals surface area (Å²) in [5.41, 5.74) is 5.48. The molecule has 0 amide bonds. The summed E-state index contributed by atoms with van der Waals surface area (Å²) < 4.78 is 2.02. The third-order valence-electron chi connectivity index (χ3n) is 5.34. The van der Waals surface area contributed by atoms with Gasteiger partial charge in [0, 0.05) is 23.4 Å². The fourth-order valence-electron chi connectivity index (χ4n) is 4.06. The first-order valence-electron chi connectivity index (χ1n) is 9.97. The number of fused-ring (bicyclic) bond motifs is 1. The number of nitrogens with one attached hydrogen (secondary N) is 1. The Labute approximate surface area is 155 Å². The van der Waals surface area contributed by atoms with Crippen molar-refractivity contribution in [2.75, 3.05) is 5.32 Å². The first-order valence-corrected chi connectivity index (χ1v) is 9.97. The van der Waals surface area contributed by atoms with Gasteiger partial charge in [0.05, 0.1) is 5.69 Å². The first kappa shape index (κ1) is 17.1. The molecule has 2 heterocycles. The predicted molar refractivity (Wildman–Crippen MR) is 108 cm³/mol. The van der Waals surface area contributed by atoms with Gasteiger partial charge in [-0.3, -0.25) is 0 Å². The average Bonchev–Trinajstić information content (AvgIpc) is 3.00. The highest BCUT2D eigenvalue weighted by molar-refractivity contribution is 5.80. The molecule has 0 spiro atoms. The normalized spacial score (nSPS) is 15.5. The van der Waals surface area contributed by atoms with E-state index in [0.29, 0.717) is 6.04 Å². The zero-order valence-corrected chi connectivity index (χ0v) is 15.8. The van der Waals surface area contributed by atoms with Crippen molar-refractivity contribution in [3.05, 3.63) is 47.8 Å². The predicted octanol–water partition coefficient (Wildman–Crippen LogP) is 5.40. The van der Waals surface area contributed by atoms with Gasteiger partial charge in [-0.2, -0.15) is 9.61 Å². The molecular weight excluding hydrogens is 320 g/mol. The maximum atomic E-state index is 4.98. The van der Waals surface area contributed by atoms with Gasteiger partial charge >= 0.3 is 0 Å². The van der Waals surface area contributed by atoms with E-state index in [4.69, 9.17) is 10.1 Å². The molecule has 2 aromatic heterocycles. The van der Waals surface area contributed by atoms with E-state index in [2.05, 4.69) is 55.6 Å². The second kappa shape index (κ2) is 7.48. The quantitative estimate of drug-likeness (QED) is 0.671. The van der Waals surface area contributed by atoms with E-state index in [0.717, 1.165) is 41.3 Å². The standard InChI is InChI=1S/C22H28N4/c1-3-10-19-15-20(23-18-13-8-5-9-14-18)26-22(24-19)21(16(2)25-26)17-11-6-4-7-12-17/h4,6-7,11-12,15,18,23H,3,5,8-10,13-14H2,1-2H3. The number of anilines is 1. The van der Waals surface area contributed by atoms with Crippen molar-refractivity contribution in [1.82, 2.24) is 14.6 Å². The molecule has 1 aliphatic rings. The van der Waals surface area contributed by atoms with Crippen LogP contribution in [0.3, 0.4) is 0 Å². The van der Waals surface area contributed by atoms with Gasteiger partial charge in [0.2, 0.25) is 0 Å². The number of hydrogen-bond donors (Lipinski definition) is 1. The molecule has 1 N–H and O–H groups in total. The fourth-order valence-corrected chi connectivity index (χ4v) is 4.06. The van der Waals surface area contributed by atoms with Crippen LogP contribution >= 0.6 is 0 Å². The number of nitrogens with zero attached hydrogens (tertiary/aromatic N) is 3. The molecule has 0 bridgehead atoms. The third-order valence-corrected chi connectivity index (χ3v) is 5.34. The zero-order chi connectivity index (χ0) is 17.9. The Balaban J connectivity index is 1.83. The fraction of sp³-hybridized carbons (Fsp3) is 0.455. The van der Waals surface area contributed by atoms with Crippen molar-refractivity contribution in [2.24, 2.45) is 0 Å². The van der Waals surface area contributed by atoms with E-state index in [1.807, 2.05) is 4.52 Å². The van der Waals surface area contributed by atoms with Gasteiger partial charge in [0.25, 0.3) is 0 Å². The Morgan fingerprint density at radius 1 is 1.12 bits per heavy atom. The topological polar surface area (TPSA) is 42.2 Å². The lowest BCUT2D eigenvalue weighted by Gasteiger charge is -2.24. The molecule has 1 aliphatic carbocycles. The maximum Gasteiger partial charge on any atom is 0.165 e. The van der Waals surface area contributed by atoms with Crippen LogP contribution in [0, 0.1) is 6.92 Å². The molecule has 136 valence electrons. The number of aromatic nitrogens is 3. The third kappa shape index (κ3) is 3.33. The maximum absolute atomic E-state index is 4.98. The number of aryl methyl sites for hydroxylation is 2. The molecule has 0 unspecified atom stereocenters. The minimum Gasteiger partial charge on any atom is -0.367 e. The van der Waals surface area contributed by atoms with Crippen LogP contribution in [0.25, 0.3) is 16.8 Å². The Morgan fingerprint density at radius 2 is 1.88 bits per heavy atom. The van der Waals surface area contributed by atoms with Gasteiger partial charge in [-0.1, -0.05) is 62.9 Å². The van der Waals surface area contributed by atoms with Crippen LogP contribution in [-0.2, 0) is 6.42 Å². The lowest BCUT2D eigenvalue weighted by atomic mass is 9.95. The largest absolute Gasteiger partial charge is 0.367 e. The summed E-state index contributed by atoms with van der Waals surface area (Å²) in [6.07, 6.45) is 8.60. The SMILES string of the molecule is CCCc1cc(NC2CCCCC2)n2nc(C)c(-c3ccccc3)c2n1. The summed E-state index contributed by atoms with van der Waals surface area (Å²) in [4.78, 5) is 4.98. The van der Waals surface area contributed by atoms with Crippen molar-refractivity contribution in [2.45, 2.75) is 64.8 Å². The van der Waals surface area contributed by atoms with Gasteiger partial charge in [0.15, 0.2) is 5.65 Å². The minimum atomic E-state index is 0.550. The monoisotopic (exact) mass is 348 g/mol. The number of hydrogen-bond acceptors (Lipinski definition) is 3. The summed E-state index contributed by atoms with van der Waals surface area (Å²) in [6.45, 7) is 4.29. The average molecular weight is 348 g/mol. The highest BCUT2D eigenvalue weighted by atomic mass is 15.3. The first-order chi connectivity index (χ1) is 12.8. The van der Waals surface area contributed by atoms with Crippen molar-refractivity contribution in [1.29, 1.82) is 0 Å². The van der Waals surface area contributed by atoms with Gasteiger partial charge in [-0.05, 0) is 31.7 Å². The second-order valence-corrected chi connectivity index (χ2v) is 7.42.